The SMILES string of the molecule is O=Nc1c(-c2ccc([N+](=O)[O-])cc2)nc2c(Cl)cccn12. The van der Waals surface area contributed by atoms with E-state index in [1.54, 1.807) is 18.3 Å². The highest BCUT2D eigenvalue weighted by Gasteiger charge is 2.17. The van der Waals surface area contributed by atoms with E-state index in [1.807, 2.05) is 0 Å². The molecule has 0 fully saturated rings. The van der Waals surface area contributed by atoms with Gasteiger partial charge in [-0.3, -0.25) is 14.5 Å². The van der Waals surface area contributed by atoms with Gasteiger partial charge in [-0.1, -0.05) is 11.6 Å². The molecule has 0 bridgehead atoms. The van der Waals surface area contributed by atoms with Gasteiger partial charge in [0.05, 0.1) is 9.95 Å². The number of nitroso groups, excluding NO2 is 1. The molecule has 3 rings (SSSR count). The quantitative estimate of drug-likeness (QED) is 0.416. The number of nitrogens with zero attached hydrogens (tertiary/aromatic N) is 4. The Morgan fingerprint density at radius 2 is 1.95 bits per heavy atom. The van der Waals surface area contributed by atoms with Gasteiger partial charge in [0.2, 0.25) is 5.82 Å². The predicted molar refractivity (Wildman–Crippen MR) is 77.7 cm³/mol. The molecule has 0 radical (unpaired) electrons. The second-order valence-corrected chi connectivity index (χ2v) is 4.64. The van der Waals surface area contributed by atoms with Gasteiger partial charge < -0.3 is 0 Å². The maximum Gasteiger partial charge on any atom is 0.269 e. The number of rotatable bonds is 3. The number of hydrogen-bond acceptors (Lipinski definition) is 5. The largest absolute Gasteiger partial charge is 0.280 e. The zero-order chi connectivity index (χ0) is 15.0. The first kappa shape index (κ1) is 13.2. The molecule has 104 valence electrons. The Bertz CT molecular complexity index is 858. The highest BCUT2D eigenvalue weighted by atomic mass is 35.5. The van der Waals surface area contributed by atoms with E-state index >= 15 is 0 Å². The standard InChI is InChI=1S/C13H7ClN4O3/c14-10-2-1-7-17-12(10)15-11(13(17)16-19)8-3-5-9(6-4-8)18(20)21/h1-7H. The van der Waals surface area contributed by atoms with Crippen LogP contribution in [0.2, 0.25) is 5.02 Å². The number of pyridine rings is 1. The Labute approximate surface area is 122 Å². The van der Waals surface area contributed by atoms with Gasteiger partial charge in [-0.25, -0.2) is 4.98 Å². The van der Waals surface area contributed by atoms with E-state index in [0.29, 0.717) is 21.9 Å². The summed E-state index contributed by atoms with van der Waals surface area (Å²) in [5.41, 5.74) is 1.24. The molecule has 0 amide bonds. The number of benzene rings is 1. The summed E-state index contributed by atoms with van der Waals surface area (Å²) < 4.78 is 1.48. The van der Waals surface area contributed by atoms with Gasteiger partial charge in [-0.2, -0.15) is 0 Å². The normalized spacial score (nSPS) is 10.7. The monoisotopic (exact) mass is 302 g/mol. The highest BCUT2D eigenvalue weighted by molar-refractivity contribution is 6.33. The maximum absolute atomic E-state index is 11.1. The molecule has 2 aromatic heterocycles. The lowest BCUT2D eigenvalue weighted by Gasteiger charge is -1.97. The van der Waals surface area contributed by atoms with Crippen molar-refractivity contribution in [1.29, 1.82) is 0 Å². The zero-order valence-corrected chi connectivity index (χ0v) is 11.2. The molecule has 0 atom stereocenters. The molecular weight excluding hydrogens is 296 g/mol. The first-order valence-electron chi connectivity index (χ1n) is 5.86. The summed E-state index contributed by atoms with van der Waals surface area (Å²) in [6.07, 6.45) is 1.62. The van der Waals surface area contributed by atoms with Gasteiger partial charge in [-0.05, 0) is 29.4 Å². The van der Waals surface area contributed by atoms with E-state index in [0.717, 1.165) is 0 Å². The molecule has 3 aromatic rings. The van der Waals surface area contributed by atoms with E-state index in [1.165, 1.54) is 28.7 Å². The molecule has 8 heteroatoms. The molecule has 0 aliphatic heterocycles. The molecule has 0 aliphatic carbocycles. The van der Waals surface area contributed by atoms with E-state index < -0.39 is 4.92 Å². The Kier molecular flexibility index (Phi) is 3.11. The van der Waals surface area contributed by atoms with Crippen molar-refractivity contribution in [2.24, 2.45) is 5.18 Å². The summed E-state index contributed by atoms with van der Waals surface area (Å²) in [6.45, 7) is 0. The molecule has 0 N–H and O–H groups in total. The molecule has 0 saturated heterocycles. The van der Waals surface area contributed by atoms with Crippen LogP contribution in [0.4, 0.5) is 11.5 Å². The molecule has 2 heterocycles. The average molecular weight is 303 g/mol. The second-order valence-electron chi connectivity index (χ2n) is 4.23. The van der Waals surface area contributed by atoms with Crippen LogP contribution >= 0.6 is 11.6 Å². The maximum atomic E-state index is 11.1. The van der Waals surface area contributed by atoms with E-state index in [-0.39, 0.29) is 11.5 Å². The van der Waals surface area contributed by atoms with Crippen LogP contribution in [0.1, 0.15) is 0 Å². The first-order chi connectivity index (χ1) is 10.1. The highest BCUT2D eigenvalue weighted by Crippen LogP contribution is 2.33. The van der Waals surface area contributed by atoms with Gasteiger partial charge in [0.1, 0.15) is 5.69 Å². The van der Waals surface area contributed by atoms with Crippen LogP contribution in [-0.4, -0.2) is 14.3 Å². The number of fused-ring (bicyclic) bond motifs is 1. The van der Waals surface area contributed by atoms with Crippen molar-refractivity contribution in [1.82, 2.24) is 9.38 Å². The Morgan fingerprint density at radius 3 is 2.57 bits per heavy atom. The molecule has 0 unspecified atom stereocenters. The van der Waals surface area contributed by atoms with Gasteiger partial charge in [0.25, 0.3) is 5.69 Å². The predicted octanol–water partition coefficient (Wildman–Crippen LogP) is 3.96. The smallest absolute Gasteiger partial charge is 0.269 e. The van der Waals surface area contributed by atoms with Crippen molar-refractivity contribution < 1.29 is 4.92 Å². The zero-order valence-electron chi connectivity index (χ0n) is 10.4. The van der Waals surface area contributed by atoms with Crippen LogP contribution in [0.15, 0.2) is 47.8 Å². The van der Waals surface area contributed by atoms with Gasteiger partial charge in [0, 0.05) is 23.9 Å². The fraction of sp³-hybridized carbons (Fsp3) is 0. The number of hydrogen-bond donors (Lipinski definition) is 0. The molecule has 0 saturated carbocycles. The summed E-state index contributed by atoms with van der Waals surface area (Å²) >= 11 is 6.04. The topological polar surface area (TPSA) is 89.9 Å². The molecule has 0 aliphatic rings. The summed E-state index contributed by atoms with van der Waals surface area (Å²) in [5.74, 6) is 0.0985. The second kappa shape index (κ2) is 4.95. The van der Waals surface area contributed by atoms with Crippen LogP contribution in [-0.2, 0) is 0 Å². The molecule has 0 spiro atoms. The van der Waals surface area contributed by atoms with Crippen molar-refractivity contribution in [2.75, 3.05) is 0 Å². The lowest BCUT2D eigenvalue weighted by atomic mass is 10.1. The third kappa shape index (κ3) is 2.13. The van der Waals surface area contributed by atoms with Crippen molar-refractivity contribution in [3.8, 4) is 11.3 Å². The van der Waals surface area contributed by atoms with Crippen molar-refractivity contribution in [3.05, 3.63) is 62.6 Å². The van der Waals surface area contributed by atoms with Crippen LogP contribution in [0, 0.1) is 15.0 Å². The van der Waals surface area contributed by atoms with Gasteiger partial charge in [0.15, 0.2) is 5.65 Å². The molecule has 1 aromatic carbocycles. The summed E-state index contributed by atoms with van der Waals surface area (Å²) in [6, 6.07) is 9.04. The van der Waals surface area contributed by atoms with Crippen LogP contribution in [0.25, 0.3) is 16.9 Å². The van der Waals surface area contributed by atoms with Crippen molar-refractivity contribution in [2.45, 2.75) is 0 Å². The molecule has 21 heavy (non-hydrogen) atoms. The number of aromatic nitrogens is 2. The van der Waals surface area contributed by atoms with Crippen LogP contribution in [0.5, 0.6) is 0 Å². The molecule has 7 nitrogen and oxygen atoms in total. The summed E-state index contributed by atoms with van der Waals surface area (Å²) in [7, 11) is 0. The van der Waals surface area contributed by atoms with E-state index in [2.05, 4.69) is 10.2 Å². The Hall–Kier alpha value is -2.80. The average Bonchev–Trinajstić information content (AvgIpc) is 2.87. The number of non-ortho nitro benzene ring substituents is 1. The Balaban J connectivity index is 2.22. The van der Waals surface area contributed by atoms with Crippen molar-refractivity contribution >= 4 is 28.8 Å². The van der Waals surface area contributed by atoms with E-state index in [9.17, 15) is 15.0 Å². The number of halogens is 1. The van der Waals surface area contributed by atoms with Gasteiger partial charge in [-0.15, -0.1) is 4.91 Å². The van der Waals surface area contributed by atoms with Crippen LogP contribution in [0.3, 0.4) is 0 Å². The minimum absolute atomic E-state index is 0.0406. The number of nitro groups is 1. The first-order valence-corrected chi connectivity index (χ1v) is 6.24. The third-order valence-corrected chi connectivity index (χ3v) is 3.31. The Morgan fingerprint density at radius 1 is 1.24 bits per heavy atom. The fourth-order valence-corrected chi connectivity index (χ4v) is 2.25. The summed E-state index contributed by atoms with van der Waals surface area (Å²) in [4.78, 5) is 25.6. The fourth-order valence-electron chi connectivity index (χ4n) is 2.04. The minimum atomic E-state index is -0.497. The summed E-state index contributed by atoms with van der Waals surface area (Å²) in [5, 5.41) is 14.0. The number of imidazole rings is 1. The lowest BCUT2D eigenvalue weighted by molar-refractivity contribution is -0.384. The molecular formula is C13H7ClN4O3. The lowest BCUT2D eigenvalue weighted by Crippen LogP contribution is -1.87. The van der Waals surface area contributed by atoms with E-state index in [4.69, 9.17) is 11.6 Å². The van der Waals surface area contributed by atoms with Crippen molar-refractivity contribution in [3.63, 3.8) is 0 Å². The van der Waals surface area contributed by atoms with Gasteiger partial charge >= 0.3 is 0 Å². The van der Waals surface area contributed by atoms with Crippen LogP contribution < -0.4 is 0 Å². The third-order valence-electron chi connectivity index (χ3n) is 3.02. The number of nitro benzene ring substituents is 1. The minimum Gasteiger partial charge on any atom is -0.280 e.